The van der Waals surface area contributed by atoms with Gasteiger partial charge in [-0.15, -0.1) is 0 Å². The molecular weight excluding hydrogens is 252 g/mol. The number of carbonyl (C=O) groups excluding carboxylic acids is 2. The number of carbonyl (C=O) groups is 3. The molecule has 0 rings (SSSR count). The standard InChI is InChI=1S/C13H22O6/c1-10(14)5-3-6-11(13(16)17)9-19-12(15)7-4-8-18-2/h11H,3-9H2,1-2H3,(H,16,17). The lowest BCUT2D eigenvalue weighted by atomic mass is 10.0. The first-order valence-corrected chi connectivity index (χ1v) is 6.34. The fourth-order valence-electron chi connectivity index (χ4n) is 1.50. The highest BCUT2D eigenvalue weighted by molar-refractivity contribution is 5.75. The van der Waals surface area contributed by atoms with Gasteiger partial charge in [-0.25, -0.2) is 0 Å². The molecule has 0 radical (unpaired) electrons. The zero-order valence-electron chi connectivity index (χ0n) is 11.5. The average molecular weight is 274 g/mol. The molecule has 0 spiro atoms. The fourth-order valence-corrected chi connectivity index (χ4v) is 1.50. The second-order valence-electron chi connectivity index (χ2n) is 4.41. The first kappa shape index (κ1) is 17.6. The Kier molecular flexibility index (Phi) is 9.70. The molecule has 0 bridgehead atoms. The van der Waals surface area contributed by atoms with Gasteiger partial charge < -0.3 is 19.4 Å². The molecule has 0 aromatic carbocycles. The second kappa shape index (κ2) is 10.5. The van der Waals surface area contributed by atoms with Crippen molar-refractivity contribution in [1.82, 2.24) is 0 Å². The van der Waals surface area contributed by atoms with Crippen LogP contribution < -0.4 is 0 Å². The van der Waals surface area contributed by atoms with Crippen LogP contribution in [-0.4, -0.2) is 43.2 Å². The molecule has 0 fully saturated rings. The lowest BCUT2D eigenvalue weighted by molar-refractivity contribution is -0.151. The fraction of sp³-hybridized carbons (Fsp3) is 0.769. The summed E-state index contributed by atoms with van der Waals surface area (Å²) in [5.41, 5.74) is 0. The minimum atomic E-state index is -1.01. The molecule has 110 valence electrons. The van der Waals surface area contributed by atoms with Crippen molar-refractivity contribution in [3.63, 3.8) is 0 Å². The van der Waals surface area contributed by atoms with E-state index in [9.17, 15) is 14.4 Å². The van der Waals surface area contributed by atoms with Gasteiger partial charge in [0.05, 0.1) is 5.92 Å². The van der Waals surface area contributed by atoms with Crippen molar-refractivity contribution in [1.29, 1.82) is 0 Å². The third-order valence-corrected chi connectivity index (χ3v) is 2.61. The Labute approximate surface area is 113 Å². The average Bonchev–Trinajstić information content (AvgIpc) is 2.33. The number of esters is 1. The summed E-state index contributed by atoms with van der Waals surface area (Å²) in [4.78, 5) is 33.0. The normalized spacial score (nSPS) is 11.9. The molecular formula is C13H22O6. The van der Waals surface area contributed by atoms with Gasteiger partial charge in [-0.1, -0.05) is 0 Å². The van der Waals surface area contributed by atoms with Crippen molar-refractivity contribution >= 4 is 17.7 Å². The van der Waals surface area contributed by atoms with Crippen LogP contribution in [0.25, 0.3) is 0 Å². The van der Waals surface area contributed by atoms with Gasteiger partial charge in [0.15, 0.2) is 0 Å². The molecule has 0 aromatic rings. The zero-order valence-corrected chi connectivity index (χ0v) is 11.5. The van der Waals surface area contributed by atoms with Crippen molar-refractivity contribution < 1.29 is 29.0 Å². The maximum absolute atomic E-state index is 11.3. The zero-order chi connectivity index (χ0) is 14.7. The summed E-state index contributed by atoms with van der Waals surface area (Å²) >= 11 is 0. The van der Waals surface area contributed by atoms with Crippen molar-refractivity contribution in [2.75, 3.05) is 20.3 Å². The van der Waals surface area contributed by atoms with Crippen LogP contribution in [0.15, 0.2) is 0 Å². The first-order chi connectivity index (χ1) is 8.97. The molecule has 6 heteroatoms. The predicted molar refractivity (Wildman–Crippen MR) is 67.7 cm³/mol. The van der Waals surface area contributed by atoms with E-state index in [1.165, 1.54) is 6.92 Å². The topological polar surface area (TPSA) is 89.9 Å². The van der Waals surface area contributed by atoms with Gasteiger partial charge >= 0.3 is 11.9 Å². The molecule has 0 saturated carbocycles. The third kappa shape index (κ3) is 10.2. The molecule has 0 aliphatic rings. The molecule has 1 atom stereocenters. The van der Waals surface area contributed by atoms with Crippen molar-refractivity contribution in [2.45, 2.75) is 39.0 Å². The van der Waals surface area contributed by atoms with Gasteiger partial charge in [0.25, 0.3) is 0 Å². The summed E-state index contributed by atoms with van der Waals surface area (Å²) < 4.78 is 9.71. The number of hydrogen-bond donors (Lipinski definition) is 1. The highest BCUT2D eigenvalue weighted by Crippen LogP contribution is 2.10. The molecule has 0 aliphatic carbocycles. The predicted octanol–water partition coefficient (Wildman–Crippen LogP) is 1.42. The van der Waals surface area contributed by atoms with Crippen LogP contribution in [0.4, 0.5) is 0 Å². The van der Waals surface area contributed by atoms with Gasteiger partial charge in [0.2, 0.25) is 0 Å². The number of hydrogen-bond acceptors (Lipinski definition) is 5. The number of ketones is 1. The second-order valence-corrected chi connectivity index (χ2v) is 4.41. The Morgan fingerprint density at radius 2 is 1.84 bits per heavy atom. The Morgan fingerprint density at radius 3 is 2.37 bits per heavy atom. The van der Waals surface area contributed by atoms with Crippen molar-refractivity contribution in [2.24, 2.45) is 5.92 Å². The Hall–Kier alpha value is -1.43. The van der Waals surface area contributed by atoms with E-state index in [1.807, 2.05) is 0 Å². The number of Topliss-reactive ketones (excluding diaryl/α,β-unsaturated/α-hetero) is 1. The van der Waals surface area contributed by atoms with Gasteiger partial charge in [0.1, 0.15) is 12.4 Å². The van der Waals surface area contributed by atoms with Gasteiger partial charge in [0, 0.05) is 26.6 Å². The van der Waals surface area contributed by atoms with E-state index in [2.05, 4.69) is 0 Å². The van der Waals surface area contributed by atoms with E-state index in [0.29, 0.717) is 32.3 Å². The minimum Gasteiger partial charge on any atom is -0.481 e. The summed E-state index contributed by atoms with van der Waals surface area (Å²) in [6, 6.07) is 0. The molecule has 1 N–H and O–H groups in total. The number of carboxylic acid groups (broad SMARTS) is 1. The van der Waals surface area contributed by atoms with Crippen LogP contribution in [0.5, 0.6) is 0 Å². The first-order valence-electron chi connectivity index (χ1n) is 6.34. The number of carboxylic acids is 1. The SMILES string of the molecule is COCCCC(=O)OCC(CCCC(C)=O)C(=O)O. The van der Waals surface area contributed by atoms with Crippen LogP contribution in [0.3, 0.4) is 0 Å². The number of aliphatic carboxylic acids is 1. The quantitative estimate of drug-likeness (QED) is 0.452. The minimum absolute atomic E-state index is 0.0284. The van der Waals surface area contributed by atoms with Crippen LogP contribution in [0, 0.1) is 5.92 Å². The molecule has 0 saturated heterocycles. The molecule has 0 aromatic heterocycles. The van der Waals surface area contributed by atoms with E-state index in [-0.39, 0.29) is 18.8 Å². The van der Waals surface area contributed by atoms with E-state index >= 15 is 0 Å². The Balaban J connectivity index is 3.90. The number of ether oxygens (including phenoxy) is 2. The van der Waals surface area contributed by atoms with Crippen molar-refractivity contribution in [3.05, 3.63) is 0 Å². The maximum atomic E-state index is 11.3. The molecule has 0 amide bonds. The maximum Gasteiger partial charge on any atom is 0.309 e. The number of rotatable bonds is 11. The molecule has 1 unspecified atom stereocenters. The molecule has 19 heavy (non-hydrogen) atoms. The number of methoxy groups -OCH3 is 1. The van der Waals surface area contributed by atoms with E-state index in [0.717, 1.165) is 0 Å². The monoisotopic (exact) mass is 274 g/mol. The van der Waals surface area contributed by atoms with E-state index in [4.69, 9.17) is 14.6 Å². The summed E-state index contributed by atoms with van der Waals surface area (Å²) in [5.74, 6) is -2.14. The van der Waals surface area contributed by atoms with Crippen molar-refractivity contribution in [3.8, 4) is 0 Å². The van der Waals surface area contributed by atoms with Gasteiger partial charge in [-0.3, -0.25) is 9.59 Å². The van der Waals surface area contributed by atoms with Crippen LogP contribution in [0.2, 0.25) is 0 Å². The highest BCUT2D eigenvalue weighted by atomic mass is 16.5. The van der Waals surface area contributed by atoms with Gasteiger partial charge in [-0.2, -0.15) is 0 Å². The Bertz CT molecular complexity index is 300. The summed E-state index contributed by atoms with van der Waals surface area (Å²) in [5, 5.41) is 8.97. The van der Waals surface area contributed by atoms with Crippen LogP contribution in [0.1, 0.15) is 39.0 Å². The van der Waals surface area contributed by atoms with E-state index < -0.39 is 17.9 Å². The lowest BCUT2D eigenvalue weighted by Crippen LogP contribution is -2.22. The van der Waals surface area contributed by atoms with Crippen LogP contribution >= 0.6 is 0 Å². The molecule has 6 nitrogen and oxygen atoms in total. The highest BCUT2D eigenvalue weighted by Gasteiger charge is 2.19. The molecule has 0 aliphatic heterocycles. The summed E-state index contributed by atoms with van der Waals surface area (Å²) in [7, 11) is 1.54. The lowest BCUT2D eigenvalue weighted by Gasteiger charge is -2.12. The Morgan fingerprint density at radius 1 is 1.16 bits per heavy atom. The van der Waals surface area contributed by atoms with Gasteiger partial charge in [-0.05, 0) is 26.2 Å². The largest absolute Gasteiger partial charge is 0.481 e. The van der Waals surface area contributed by atoms with E-state index in [1.54, 1.807) is 7.11 Å². The smallest absolute Gasteiger partial charge is 0.309 e. The van der Waals surface area contributed by atoms with Crippen LogP contribution in [-0.2, 0) is 23.9 Å². The molecule has 0 heterocycles. The summed E-state index contributed by atoms with van der Waals surface area (Å²) in [6.07, 6.45) is 1.95. The third-order valence-electron chi connectivity index (χ3n) is 2.61. The summed E-state index contributed by atoms with van der Waals surface area (Å²) in [6.45, 7) is 1.79.